The Bertz CT molecular complexity index is 1430. The van der Waals surface area contributed by atoms with Gasteiger partial charge in [0, 0.05) is 16.8 Å². The third-order valence-electron chi connectivity index (χ3n) is 5.55. The van der Waals surface area contributed by atoms with Gasteiger partial charge in [0.1, 0.15) is 5.75 Å². The van der Waals surface area contributed by atoms with E-state index in [0.29, 0.717) is 45.1 Å². The number of aromatic nitrogens is 3. The molecular formula is C27H27N5O5S. The maximum absolute atomic E-state index is 12.6. The van der Waals surface area contributed by atoms with Crippen LogP contribution in [-0.2, 0) is 4.79 Å². The van der Waals surface area contributed by atoms with Gasteiger partial charge in [-0.2, -0.15) is 5.10 Å². The predicted molar refractivity (Wildman–Crippen MR) is 146 cm³/mol. The van der Waals surface area contributed by atoms with Gasteiger partial charge in [-0.1, -0.05) is 42.1 Å². The third kappa shape index (κ3) is 5.73. The number of amides is 1. The summed E-state index contributed by atoms with van der Waals surface area (Å²) in [7, 11) is 4.64. The minimum atomic E-state index is -0.332. The molecule has 2 N–H and O–H groups in total. The van der Waals surface area contributed by atoms with E-state index in [4.69, 9.17) is 14.2 Å². The molecule has 0 saturated carbocycles. The van der Waals surface area contributed by atoms with Gasteiger partial charge in [-0.05, 0) is 43.3 Å². The van der Waals surface area contributed by atoms with Crippen LogP contribution >= 0.6 is 11.8 Å². The van der Waals surface area contributed by atoms with Gasteiger partial charge in [0.2, 0.25) is 5.75 Å². The van der Waals surface area contributed by atoms with E-state index in [2.05, 4.69) is 20.7 Å². The summed E-state index contributed by atoms with van der Waals surface area (Å²) in [4.78, 5) is 12.6. The smallest absolute Gasteiger partial charge is 0.250 e. The summed E-state index contributed by atoms with van der Waals surface area (Å²) in [6.07, 6.45) is 0. The van der Waals surface area contributed by atoms with Crippen LogP contribution in [0.1, 0.15) is 12.5 Å². The highest BCUT2D eigenvalue weighted by molar-refractivity contribution is 7.99. The molecule has 0 radical (unpaired) electrons. The summed E-state index contributed by atoms with van der Waals surface area (Å²) in [6.45, 7) is 1.71. The number of thioether (sulfide) groups is 1. The number of methoxy groups -OCH3 is 3. The minimum absolute atomic E-state index is 0.0395. The molecule has 0 aliphatic carbocycles. The number of ether oxygens (including phenoxy) is 3. The van der Waals surface area contributed by atoms with Crippen LogP contribution in [-0.4, -0.2) is 58.6 Å². The second kappa shape index (κ2) is 12.2. The van der Waals surface area contributed by atoms with Crippen LogP contribution in [0.2, 0.25) is 0 Å². The maximum Gasteiger partial charge on any atom is 0.250 e. The maximum atomic E-state index is 12.6. The number of rotatable bonds is 10. The Balaban J connectivity index is 1.61. The molecule has 196 valence electrons. The van der Waals surface area contributed by atoms with Crippen molar-refractivity contribution in [2.24, 2.45) is 5.10 Å². The lowest BCUT2D eigenvalue weighted by molar-refractivity contribution is -0.118. The van der Waals surface area contributed by atoms with Crippen molar-refractivity contribution in [3.8, 4) is 40.1 Å². The Hall–Kier alpha value is -4.51. The number of benzene rings is 3. The zero-order valence-corrected chi connectivity index (χ0v) is 22.2. The standard InChI is InChI=1S/C27H27N5O5S/c1-17(20-12-8-9-13-21(20)33)28-29-24(34)16-38-27-31-30-26(32(27)19-10-6-5-7-11-19)18-14-22(35-2)25(37-4)23(15-18)36-3/h5-15,33H,16H2,1-4H3,(H,29,34)/b28-17+. The van der Waals surface area contributed by atoms with Crippen molar-refractivity contribution < 1.29 is 24.1 Å². The Morgan fingerprint density at radius 2 is 1.63 bits per heavy atom. The summed E-state index contributed by atoms with van der Waals surface area (Å²) in [5.41, 5.74) is 5.06. The highest BCUT2D eigenvalue weighted by Gasteiger charge is 2.21. The van der Waals surface area contributed by atoms with Gasteiger partial charge in [0.05, 0.1) is 32.8 Å². The average Bonchev–Trinajstić information content (AvgIpc) is 3.38. The number of aromatic hydroxyl groups is 1. The highest BCUT2D eigenvalue weighted by atomic mass is 32.2. The average molecular weight is 534 g/mol. The summed E-state index contributed by atoms with van der Waals surface area (Å²) >= 11 is 1.22. The molecule has 0 atom stereocenters. The van der Waals surface area contributed by atoms with Gasteiger partial charge in [0.25, 0.3) is 5.91 Å². The lowest BCUT2D eigenvalue weighted by Crippen LogP contribution is -2.21. The number of hydrazone groups is 1. The molecule has 4 aromatic rings. The summed E-state index contributed by atoms with van der Waals surface area (Å²) in [5.74, 6) is 1.76. The van der Waals surface area contributed by atoms with Crippen molar-refractivity contribution in [2.45, 2.75) is 12.1 Å². The molecule has 0 aliphatic heterocycles. The molecule has 0 saturated heterocycles. The molecule has 1 aromatic heterocycles. The summed E-state index contributed by atoms with van der Waals surface area (Å²) < 4.78 is 18.3. The molecule has 0 fully saturated rings. The van der Waals surface area contributed by atoms with Crippen LogP contribution in [0.4, 0.5) is 0 Å². The zero-order valence-electron chi connectivity index (χ0n) is 21.3. The second-order valence-corrected chi connectivity index (χ2v) is 8.87. The SMILES string of the molecule is COc1cc(-c2nnc(SCC(=O)N/N=C(\C)c3ccccc3O)n2-c2ccccc2)cc(OC)c1OC. The molecular weight excluding hydrogens is 506 g/mol. The monoisotopic (exact) mass is 533 g/mol. The van der Waals surface area contributed by atoms with E-state index in [9.17, 15) is 9.90 Å². The molecule has 1 heterocycles. The number of hydrogen-bond donors (Lipinski definition) is 2. The fourth-order valence-corrected chi connectivity index (χ4v) is 4.46. The topological polar surface area (TPSA) is 120 Å². The van der Waals surface area contributed by atoms with Gasteiger partial charge in [-0.3, -0.25) is 9.36 Å². The molecule has 0 bridgehead atoms. The van der Waals surface area contributed by atoms with Crippen LogP contribution in [0.25, 0.3) is 17.1 Å². The first kappa shape index (κ1) is 26.6. The molecule has 4 rings (SSSR count). The van der Waals surface area contributed by atoms with Crippen molar-refractivity contribution in [3.05, 3.63) is 72.3 Å². The van der Waals surface area contributed by atoms with E-state index in [-0.39, 0.29) is 17.4 Å². The van der Waals surface area contributed by atoms with Gasteiger partial charge in [-0.25, -0.2) is 5.43 Å². The first-order valence-corrected chi connectivity index (χ1v) is 12.5. The second-order valence-electron chi connectivity index (χ2n) is 7.93. The Kier molecular flexibility index (Phi) is 8.49. The summed E-state index contributed by atoms with van der Waals surface area (Å²) in [6, 6.07) is 20.0. The van der Waals surface area contributed by atoms with E-state index in [0.717, 1.165) is 5.69 Å². The predicted octanol–water partition coefficient (Wildman–Crippen LogP) is 4.30. The van der Waals surface area contributed by atoms with Crippen LogP contribution in [0.15, 0.2) is 77.0 Å². The molecule has 0 spiro atoms. The number of carbonyl (C=O) groups is 1. The zero-order chi connectivity index (χ0) is 27.1. The quantitative estimate of drug-likeness (QED) is 0.176. The molecule has 0 unspecified atom stereocenters. The molecule has 11 heteroatoms. The van der Waals surface area contributed by atoms with Crippen LogP contribution in [0.3, 0.4) is 0 Å². The number of hydrogen-bond acceptors (Lipinski definition) is 9. The molecule has 10 nitrogen and oxygen atoms in total. The Morgan fingerprint density at radius 1 is 0.974 bits per heavy atom. The van der Waals surface area contributed by atoms with E-state index in [1.165, 1.54) is 11.8 Å². The van der Waals surface area contributed by atoms with Crippen LogP contribution in [0.5, 0.6) is 23.0 Å². The first-order chi connectivity index (χ1) is 18.5. The van der Waals surface area contributed by atoms with Gasteiger partial charge in [0.15, 0.2) is 22.5 Å². The van der Waals surface area contributed by atoms with E-state index in [1.54, 1.807) is 64.7 Å². The number of para-hydroxylation sites is 2. The van der Waals surface area contributed by atoms with Gasteiger partial charge >= 0.3 is 0 Å². The fourth-order valence-electron chi connectivity index (χ4n) is 3.72. The van der Waals surface area contributed by atoms with Crippen molar-refractivity contribution in [2.75, 3.05) is 27.1 Å². The van der Waals surface area contributed by atoms with Crippen LogP contribution < -0.4 is 19.6 Å². The normalized spacial score (nSPS) is 11.2. The van der Waals surface area contributed by atoms with E-state index >= 15 is 0 Å². The molecule has 0 aliphatic rings. The van der Waals surface area contributed by atoms with Gasteiger partial charge in [-0.15, -0.1) is 10.2 Å². The number of phenols is 1. The Labute approximate surface area is 224 Å². The summed E-state index contributed by atoms with van der Waals surface area (Å²) in [5, 5.41) is 23.4. The van der Waals surface area contributed by atoms with Crippen LogP contribution in [0, 0.1) is 0 Å². The van der Waals surface area contributed by atoms with Crippen molar-refractivity contribution in [1.82, 2.24) is 20.2 Å². The largest absolute Gasteiger partial charge is 0.507 e. The number of nitrogens with one attached hydrogen (secondary N) is 1. The molecule has 3 aromatic carbocycles. The van der Waals surface area contributed by atoms with E-state index < -0.39 is 0 Å². The number of nitrogens with zero attached hydrogens (tertiary/aromatic N) is 4. The van der Waals surface area contributed by atoms with E-state index in [1.807, 2.05) is 34.9 Å². The van der Waals surface area contributed by atoms with Crippen molar-refractivity contribution in [1.29, 1.82) is 0 Å². The molecule has 38 heavy (non-hydrogen) atoms. The number of phenolic OH excluding ortho intramolecular Hbond substituents is 1. The molecule has 1 amide bonds. The number of carbonyl (C=O) groups excluding carboxylic acids is 1. The minimum Gasteiger partial charge on any atom is -0.507 e. The lowest BCUT2D eigenvalue weighted by atomic mass is 10.1. The first-order valence-electron chi connectivity index (χ1n) is 11.5. The Morgan fingerprint density at radius 3 is 2.26 bits per heavy atom. The fraction of sp³-hybridized carbons (Fsp3) is 0.185. The van der Waals surface area contributed by atoms with Crippen molar-refractivity contribution >= 4 is 23.4 Å². The lowest BCUT2D eigenvalue weighted by Gasteiger charge is -2.15. The van der Waals surface area contributed by atoms with Gasteiger partial charge < -0.3 is 19.3 Å². The highest BCUT2D eigenvalue weighted by Crippen LogP contribution is 2.41. The third-order valence-corrected chi connectivity index (χ3v) is 6.47. The van der Waals surface area contributed by atoms with Crippen molar-refractivity contribution in [3.63, 3.8) is 0 Å².